The lowest BCUT2D eigenvalue weighted by Gasteiger charge is -2.21. The number of methoxy groups -OCH3 is 2. The number of aromatic nitrogens is 1. The Bertz CT molecular complexity index is 298. The fourth-order valence-electron chi connectivity index (χ4n) is 1.18. The molecule has 15 heavy (non-hydrogen) atoms. The maximum atomic E-state index is 11.6. The summed E-state index contributed by atoms with van der Waals surface area (Å²) in [6.07, 6.45) is 1.09. The Balaban J connectivity index is 2.51. The van der Waals surface area contributed by atoms with Gasteiger partial charge < -0.3 is 14.8 Å². The summed E-state index contributed by atoms with van der Waals surface area (Å²) in [7, 11) is 3.06. The first-order valence-electron chi connectivity index (χ1n) is 4.44. The van der Waals surface area contributed by atoms with E-state index in [1.54, 1.807) is 5.51 Å². The first-order chi connectivity index (χ1) is 7.19. The molecule has 1 N–H and O–H groups in total. The van der Waals surface area contributed by atoms with Gasteiger partial charge in [-0.05, 0) is 6.92 Å². The molecule has 0 aromatic carbocycles. The van der Waals surface area contributed by atoms with E-state index in [4.69, 9.17) is 9.47 Å². The predicted molar refractivity (Wildman–Crippen MR) is 56.8 cm³/mol. The fraction of sp³-hybridized carbons (Fsp3) is 0.556. The van der Waals surface area contributed by atoms with Crippen molar-refractivity contribution in [2.45, 2.75) is 19.3 Å². The van der Waals surface area contributed by atoms with Crippen molar-refractivity contribution in [2.24, 2.45) is 0 Å². The molecule has 5 nitrogen and oxygen atoms in total. The number of carbonyl (C=O) groups excluding carboxylic acids is 1. The van der Waals surface area contributed by atoms with Crippen LogP contribution in [-0.2, 0) is 9.47 Å². The number of hydrogen-bond donors (Lipinski definition) is 1. The van der Waals surface area contributed by atoms with Gasteiger partial charge in [0.2, 0.25) is 0 Å². The SMILES string of the molecule is COC(OC)C(C)NC(=O)c1cncs1. The molecule has 0 spiro atoms. The van der Waals surface area contributed by atoms with Gasteiger partial charge in [-0.15, -0.1) is 11.3 Å². The van der Waals surface area contributed by atoms with Gasteiger partial charge in [-0.2, -0.15) is 0 Å². The van der Waals surface area contributed by atoms with E-state index in [9.17, 15) is 4.79 Å². The van der Waals surface area contributed by atoms with Crippen LogP contribution in [0.5, 0.6) is 0 Å². The van der Waals surface area contributed by atoms with E-state index >= 15 is 0 Å². The Morgan fingerprint density at radius 2 is 2.20 bits per heavy atom. The van der Waals surface area contributed by atoms with Crippen molar-refractivity contribution in [1.82, 2.24) is 10.3 Å². The molecule has 0 saturated heterocycles. The topological polar surface area (TPSA) is 60.5 Å². The van der Waals surface area contributed by atoms with Crippen molar-refractivity contribution in [3.8, 4) is 0 Å². The van der Waals surface area contributed by atoms with Gasteiger partial charge in [-0.3, -0.25) is 9.78 Å². The molecule has 0 saturated carbocycles. The second-order valence-electron chi connectivity index (χ2n) is 2.97. The molecule has 0 fully saturated rings. The fourth-order valence-corrected chi connectivity index (χ4v) is 1.70. The second kappa shape index (κ2) is 5.79. The minimum Gasteiger partial charge on any atom is -0.354 e. The van der Waals surface area contributed by atoms with Gasteiger partial charge in [0.1, 0.15) is 4.88 Å². The van der Waals surface area contributed by atoms with Crippen LogP contribution in [0.15, 0.2) is 11.7 Å². The van der Waals surface area contributed by atoms with Crippen LogP contribution in [0.4, 0.5) is 0 Å². The zero-order chi connectivity index (χ0) is 11.3. The van der Waals surface area contributed by atoms with Gasteiger partial charge in [0.15, 0.2) is 6.29 Å². The smallest absolute Gasteiger partial charge is 0.263 e. The Kier molecular flexibility index (Phi) is 4.67. The average molecular weight is 230 g/mol. The quantitative estimate of drug-likeness (QED) is 0.763. The van der Waals surface area contributed by atoms with Gasteiger partial charge in [-0.25, -0.2) is 0 Å². The predicted octanol–water partition coefficient (Wildman–Crippen LogP) is 0.880. The first kappa shape index (κ1) is 12.1. The molecular formula is C9H14N2O3S. The Hall–Kier alpha value is -0.980. The molecule has 1 amide bonds. The maximum Gasteiger partial charge on any atom is 0.263 e. The minimum absolute atomic E-state index is 0.163. The summed E-state index contributed by atoms with van der Waals surface area (Å²) in [5.41, 5.74) is 1.61. The van der Waals surface area contributed by atoms with Crippen molar-refractivity contribution in [3.63, 3.8) is 0 Å². The van der Waals surface area contributed by atoms with E-state index in [1.165, 1.54) is 31.8 Å². The normalized spacial score (nSPS) is 12.8. The first-order valence-corrected chi connectivity index (χ1v) is 5.32. The van der Waals surface area contributed by atoms with Gasteiger partial charge in [0.25, 0.3) is 5.91 Å². The van der Waals surface area contributed by atoms with Crippen LogP contribution in [0.25, 0.3) is 0 Å². The third kappa shape index (κ3) is 3.26. The molecule has 0 aliphatic heterocycles. The van der Waals surface area contributed by atoms with E-state index in [1.807, 2.05) is 6.92 Å². The third-order valence-electron chi connectivity index (χ3n) is 1.89. The molecule has 1 aromatic heterocycles. The molecule has 0 radical (unpaired) electrons. The Morgan fingerprint density at radius 1 is 1.53 bits per heavy atom. The molecular weight excluding hydrogens is 216 g/mol. The number of thiazole rings is 1. The number of hydrogen-bond acceptors (Lipinski definition) is 5. The lowest BCUT2D eigenvalue weighted by atomic mass is 10.3. The number of rotatable bonds is 5. The summed E-state index contributed by atoms with van der Waals surface area (Å²) < 4.78 is 10.1. The van der Waals surface area contributed by atoms with Crippen LogP contribution in [0.1, 0.15) is 16.6 Å². The van der Waals surface area contributed by atoms with Crippen molar-refractivity contribution in [1.29, 1.82) is 0 Å². The summed E-state index contributed by atoms with van der Waals surface area (Å²) in [5, 5.41) is 2.77. The van der Waals surface area contributed by atoms with Gasteiger partial charge >= 0.3 is 0 Å². The van der Waals surface area contributed by atoms with E-state index in [0.29, 0.717) is 4.88 Å². The average Bonchev–Trinajstić information content (AvgIpc) is 2.72. The Morgan fingerprint density at radius 3 is 2.67 bits per heavy atom. The van der Waals surface area contributed by atoms with Crippen LogP contribution in [-0.4, -0.2) is 37.4 Å². The number of nitrogens with one attached hydrogen (secondary N) is 1. The largest absolute Gasteiger partial charge is 0.354 e. The highest BCUT2D eigenvalue weighted by Gasteiger charge is 2.19. The summed E-state index contributed by atoms with van der Waals surface area (Å²) >= 11 is 1.30. The third-order valence-corrected chi connectivity index (χ3v) is 2.66. The van der Waals surface area contributed by atoms with Crippen LogP contribution >= 0.6 is 11.3 Å². The number of amides is 1. The van der Waals surface area contributed by atoms with Crippen molar-refractivity contribution >= 4 is 17.2 Å². The highest BCUT2D eigenvalue weighted by molar-refractivity contribution is 7.11. The van der Waals surface area contributed by atoms with Gasteiger partial charge in [0, 0.05) is 14.2 Å². The molecule has 1 atom stereocenters. The molecule has 0 bridgehead atoms. The summed E-state index contributed by atoms with van der Waals surface area (Å²) in [6.45, 7) is 1.82. The summed E-state index contributed by atoms with van der Waals surface area (Å²) in [5.74, 6) is -0.163. The lowest BCUT2D eigenvalue weighted by molar-refractivity contribution is -0.117. The lowest BCUT2D eigenvalue weighted by Crippen LogP contribution is -2.42. The molecule has 1 heterocycles. The molecule has 1 unspecified atom stereocenters. The second-order valence-corrected chi connectivity index (χ2v) is 3.85. The van der Waals surface area contributed by atoms with Crippen molar-refractivity contribution in [3.05, 3.63) is 16.6 Å². The molecule has 0 aliphatic carbocycles. The molecule has 0 aliphatic rings. The van der Waals surface area contributed by atoms with Crippen molar-refractivity contribution in [2.75, 3.05) is 14.2 Å². The highest BCUT2D eigenvalue weighted by atomic mass is 32.1. The van der Waals surface area contributed by atoms with Crippen LogP contribution in [0, 0.1) is 0 Å². The number of nitrogens with zero attached hydrogens (tertiary/aromatic N) is 1. The van der Waals surface area contributed by atoms with E-state index in [2.05, 4.69) is 10.3 Å². The monoisotopic (exact) mass is 230 g/mol. The van der Waals surface area contributed by atoms with Crippen molar-refractivity contribution < 1.29 is 14.3 Å². The van der Waals surface area contributed by atoms with Crippen LogP contribution in [0.2, 0.25) is 0 Å². The zero-order valence-corrected chi connectivity index (χ0v) is 9.71. The number of carbonyl (C=O) groups is 1. The number of ether oxygens (including phenoxy) is 2. The highest BCUT2D eigenvalue weighted by Crippen LogP contribution is 2.06. The zero-order valence-electron chi connectivity index (χ0n) is 8.89. The van der Waals surface area contributed by atoms with Gasteiger partial charge in [0.05, 0.1) is 17.7 Å². The van der Waals surface area contributed by atoms with E-state index < -0.39 is 6.29 Å². The molecule has 6 heteroatoms. The molecule has 1 aromatic rings. The summed E-state index contributed by atoms with van der Waals surface area (Å²) in [4.78, 5) is 16.0. The van der Waals surface area contributed by atoms with Crippen LogP contribution < -0.4 is 5.32 Å². The summed E-state index contributed by atoms with van der Waals surface area (Å²) in [6, 6.07) is -0.213. The molecule has 1 rings (SSSR count). The standard InChI is InChI=1S/C9H14N2O3S/c1-6(9(13-2)14-3)11-8(12)7-4-10-5-15-7/h4-6,9H,1-3H3,(H,11,12). The van der Waals surface area contributed by atoms with Crippen LogP contribution in [0.3, 0.4) is 0 Å². The molecule has 84 valence electrons. The Labute approximate surface area is 92.4 Å². The van der Waals surface area contributed by atoms with E-state index in [-0.39, 0.29) is 11.9 Å². The van der Waals surface area contributed by atoms with E-state index in [0.717, 1.165) is 0 Å². The maximum absolute atomic E-state index is 11.6. The van der Waals surface area contributed by atoms with Gasteiger partial charge in [-0.1, -0.05) is 0 Å². The minimum atomic E-state index is -0.443.